The molecule has 4 rings (SSSR count). The molecule has 0 N–H and O–H groups in total. The Hall–Kier alpha value is -8.49. The minimum Gasteiger partial charge on any atom is -0.341 e. The molecule has 0 aliphatic carbocycles. The van der Waals surface area contributed by atoms with E-state index >= 15 is 0 Å². The maximum atomic E-state index is 4.99. The summed E-state index contributed by atoms with van der Waals surface area (Å²) in [6.45, 7) is 3.30. The lowest BCUT2D eigenvalue weighted by Gasteiger charge is -2.30. The first-order chi connectivity index (χ1) is 31.3. The Morgan fingerprint density at radius 2 is 1.02 bits per heavy atom. The smallest absolute Gasteiger partial charge is 0.244 e. The highest BCUT2D eigenvalue weighted by atomic mass is 15.1. The van der Waals surface area contributed by atoms with E-state index in [1.54, 1.807) is 0 Å². The van der Waals surface area contributed by atoms with Crippen molar-refractivity contribution in [1.29, 1.82) is 0 Å². The Balaban J connectivity index is -0.000000116. The van der Waals surface area contributed by atoms with Gasteiger partial charge < -0.3 is 4.90 Å². The summed E-state index contributed by atoms with van der Waals surface area (Å²) in [5, 5.41) is 1.07. The van der Waals surface area contributed by atoms with Crippen LogP contribution < -0.4 is 9.47 Å². The van der Waals surface area contributed by atoms with E-state index in [4.69, 9.17) is 6.42 Å². The van der Waals surface area contributed by atoms with Crippen LogP contribution in [0.1, 0.15) is 127 Å². The van der Waals surface area contributed by atoms with Crippen molar-refractivity contribution in [2.24, 2.45) is 0 Å². The Kier molecular flexibility index (Phi) is 23.5. The van der Waals surface area contributed by atoms with Crippen LogP contribution in [0, 0.1) is 131 Å². The minimum atomic E-state index is 0. The highest BCUT2D eigenvalue weighted by Gasteiger charge is 2.16. The molecule has 63 heavy (non-hydrogen) atoms. The Bertz CT molecular complexity index is 2980. The van der Waals surface area contributed by atoms with Gasteiger partial charge in [-0.25, -0.2) is 0 Å². The molecule has 2 nitrogen and oxygen atoms in total. The summed E-state index contributed by atoms with van der Waals surface area (Å²) in [5.41, 5.74) is 5.67. The van der Waals surface area contributed by atoms with Gasteiger partial charge in [-0.3, -0.25) is 0 Å². The molecule has 0 atom stereocenters. The lowest BCUT2D eigenvalue weighted by molar-refractivity contribution is -0.556. The molecule has 1 aliphatic heterocycles. The molecule has 0 amide bonds. The topological polar surface area (TPSA) is 7.12 Å². The van der Waals surface area contributed by atoms with E-state index in [1.807, 2.05) is 53.1 Å². The quantitative estimate of drug-likeness (QED) is 0.0568. The summed E-state index contributed by atoms with van der Waals surface area (Å²) in [6.07, 6.45) is 40.2. The van der Waals surface area contributed by atoms with Gasteiger partial charge in [0.2, 0.25) is 17.3 Å². The van der Waals surface area contributed by atoms with Crippen LogP contribution in [0.3, 0.4) is 0 Å². The summed E-state index contributed by atoms with van der Waals surface area (Å²) in [5.74, 6) is 51.3. The number of benzene rings is 2. The number of fused-ring (bicyclic) bond motifs is 2. The fraction of sp³-hybridized carbons (Fsp3) is 0.230. The number of para-hydroxylation sites is 2. The summed E-state index contributed by atoms with van der Waals surface area (Å²) < 4.78 is 1.93. The van der Waals surface area contributed by atoms with Gasteiger partial charge in [0.05, 0.1) is 5.92 Å². The molecule has 0 saturated heterocycles. The van der Waals surface area contributed by atoms with Crippen LogP contribution in [-0.2, 0) is 0 Å². The molecule has 0 fully saturated rings. The number of allylic oxidation sites excluding steroid dienone is 7. The van der Waals surface area contributed by atoms with E-state index in [2.05, 4.69) is 203 Å². The normalized spacial score (nSPS) is 10.9. The molecule has 0 unspecified atom stereocenters. The van der Waals surface area contributed by atoms with E-state index in [1.165, 1.54) is 94.0 Å². The number of terminal acetylenes is 1. The number of nitrogens with zero attached hydrogens (tertiary/aromatic N) is 2. The number of unbranched alkanes of at least 4 members (excludes halogenated alkanes) is 11. The fourth-order valence-electron chi connectivity index (χ4n) is 6.41. The second-order valence-electron chi connectivity index (χ2n) is 13.9. The van der Waals surface area contributed by atoms with Gasteiger partial charge >= 0.3 is 0 Å². The molecular weight excluding hydrogens is 761 g/mol. The monoisotopic (exact) mass is 854 g/mol. The van der Waals surface area contributed by atoms with Crippen LogP contribution in [0.15, 0.2) is 109 Å². The van der Waals surface area contributed by atoms with Crippen LogP contribution >= 0.6 is 0 Å². The van der Waals surface area contributed by atoms with E-state index in [-0.39, 0.29) is 31.4 Å². The molecule has 2 heterocycles. The van der Waals surface area contributed by atoms with Gasteiger partial charge in [0, 0.05) is 138 Å². The van der Waals surface area contributed by atoms with E-state index in [9.17, 15) is 0 Å². The molecule has 0 spiro atoms. The zero-order chi connectivity index (χ0) is 44.1. The van der Waals surface area contributed by atoms with Crippen molar-refractivity contribution < 1.29 is 36.0 Å². The molecule has 0 saturated carbocycles. The molecule has 3 aromatic rings. The van der Waals surface area contributed by atoms with Crippen LogP contribution in [0.25, 0.3) is 23.1 Å². The van der Waals surface area contributed by atoms with Crippen molar-refractivity contribution in [2.45, 2.75) is 84.0 Å². The highest BCUT2D eigenvalue weighted by Crippen LogP contribution is 2.31. The Morgan fingerprint density at radius 1 is 0.508 bits per heavy atom. The molecule has 0 radical (unpaired) electrons. The first kappa shape index (κ1) is 47.2. The summed E-state index contributed by atoms with van der Waals surface area (Å²) in [7, 11) is 0. The van der Waals surface area contributed by atoms with E-state index in [0.29, 0.717) is 0 Å². The minimum absolute atomic E-state index is 0. The fourth-order valence-corrected chi connectivity index (χ4v) is 6.41. The van der Waals surface area contributed by atoms with Crippen molar-refractivity contribution in [3.05, 3.63) is 120 Å². The summed E-state index contributed by atoms with van der Waals surface area (Å²) in [4.78, 5) is 2.47. The average Bonchev–Trinajstić information content (AvgIpc) is 3.31. The number of rotatable bonds is 17. The summed E-state index contributed by atoms with van der Waals surface area (Å²) >= 11 is 0. The largest absolute Gasteiger partial charge is 0.341 e. The number of anilines is 1. The zero-order valence-electron chi connectivity index (χ0n) is 36.1. The van der Waals surface area contributed by atoms with Gasteiger partial charge in [-0.05, 0) is 89.7 Å². The molecule has 1 aromatic heterocycles. The first-order valence-electron chi connectivity index (χ1n) is 21.5. The van der Waals surface area contributed by atoms with Gasteiger partial charge in [0.1, 0.15) is 0 Å². The Labute approximate surface area is 410 Å². The van der Waals surface area contributed by atoms with E-state index in [0.717, 1.165) is 23.1 Å². The van der Waals surface area contributed by atoms with Gasteiger partial charge in [0.15, 0.2) is 0 Å². The standard InChI is InChI=1S/C61H49N2.22H2/c1-3-5-7-9-11-13-15-17-18-19-20-21-22-23-24-26-28-30-35-43-55-63-59(53-51-57-45-39-41-49-61(57)63)47-37-33-31-32-36-46-58-52-50-56-44-38-40-48-60(56)62(58)54-42-34-29-27-25-16-14-12-10-8-6-4-2;;;;;;;;;;;;;;;;;;;;;;/h1,31-33,36-41,44-53H,4,6,8,10,12,14,16,25,27,29,34,42,54H2,2H3;22*1H/q+1;;;;;;;;;;;;;;;;;;;;;;. The Morgan fingerprint density at radius 3 is 1.63 bits per heavy atom. The molecule has 2 aromatic carbocycles. The maximum Gasteiger partial charge on any atom is 0.244 e. The van der Waals surface area contributed by atoms with Crippen molar-refractivity contribution >= 4 is 28.7 Å². The number of hydrogen-bond donors (Lipinski definition) is 0. The van der Waals surface area contributed by atoms with E-state index < -0.39 is 0 Å². The second kappa shape index (κ2) is 31.4. The lowest BCUT2D eigenvalue weighted by atomic mass is 10.0. The zero-order valence-corrected chi connectivity index (χ0v) is 36.1. The van der Waals surface area contributed by atoms with Crippen molar-refractivity contribution in [2.75, 3.05) is 11.4 Å². The highest BCUT2D eigenvalue weighted by molar-refractivity contribution is 5.77. The lowest BCUT2D eigenvalue weighted by Crippen LogP contribution is -2.32. The summed E-state index contributed by atoms with van der Waals surface area (Å²) in [6, 6.07) is 24.1. The molecule has 2 heteroatoms. The molecule has 1 aliphatic rings. The average molecular weight is 854 g/mol. The molecule has 346 valence electrons. The van der Waals surface area contributed by atoms with Crippen LogP contribution in [-0.4, -0.2) is 6.54 Å². The van der Waals surface area contributed by atoms with Gasteiger partial charge in [0.25, 0.3) is 0 Å². The van der Waals surface area contributed by atoms with Gasteiger partial charge in [-0.15, -0.1) is 11.0 Å². The third-order valence-electron chi connectivity index (χ3n) is 9.42. The molecule has 0 bridgehead atoms. The molecular formula is C61H93N2+. The van der Waals surface area contributed by atoms with Crippen molar-refractivity contribution in [3.8, 4) is 131 Å². The second-order valence-corrected chi connectivity index (χ2v) is 13.9. The van der Waals surface area contributed by atoms with Crippen LogP contribution in [0.4, 0.5) is 5.69 Å². The van der Waals surface area contributed by atoms with Crippen LogP contribution in [0.2, 0.25) is 0 Å². The van der Waals surface area contributed by atoms with Crippen LogP contribution in [0.5, 0.6) is 0 Å². The first-order valence-corrected chi connectivity index (χ1v) is 21.5. The maximum absolute atomic E-state index is 4.99. The third-order valence-corrected chi connectivity index (χ3v) is 9.42. The van der Waals surface area contributed by atoms with Gasteiger partial charge in [-0.2, -0.15) is 0 Å². The third kappa shape index (κ3) is 19.4. The van der Waals surface area contributed by atoms with Gasteiger partial charge in [-0.1, -0.05) is 144 Å². The predicted molar refractivity (Wildman–Crippen MR) is 312 cm³/mol. The number of aromatic nitrogens is 1. The SMILES string of the molecule is C#CC#CC#CC#CC#CC#CC#CC#CC#CC#CC#C[n+]1c(/C=C/C=C/C=C/C=C2\C=Cc3ccccc3N2CCCCCCCCCCCCCC)ccc2ccccc21.[HH].[HH].[HH].[HH].[HH].[HH].[HH].[HH].[HH].[HH].[HH].[HH].[HH].[HH].[HH].[HH].[HH].[HH].[HH].[HH].[HH].[HH]. The van der Waals surface area contributed by atoms with Crippen molar-refractivity contribution in [3.63, 3.8) is 0 Å². The predicted octanol–water partition coefficient (Wildman–Crippen LogP) is 16.3. The number of hydrogen-bond acceptors (Lipinski definition) is 1. The number of pyridine rings is 1. The van der Waals surface area contributed by atoms with Crippen molar-refractivity contribution in [1.82, 2.24) is 0 Å².